The van der Waals surface area contributed by atoms with Crippen LogP contribution in [0.25, 0.3) is 0 Å². The lowest BCUT2D eigenvalue weighted by molar-refractivity contribution is 0.0951. The number of hydrogen-bond donors (Lipinski definition) is 2. The van der Waals surface area contributed by atoms with Crippen LogP contribution >= 0.6 is 0 Å². The van der Waals surface area contributed by atoms with Gasteiger partial charge in [0.2, 0.25) is 0 Å². The molecule has 130 valence electrons. The van der Waals surface area contributed by atoms with Crippen molar-refractivity contribution < 1.29 is 14.1 Å². The second-order valence-corrected chi connectivity index (χ2v) is 5.97. The topological polar surface area (TPSA) is 104 Å². The fraction of sp³-hybridized carbons (Fsp3) is 0.375. The van der Waals surface area contributed by atoms with Crippen LogP contribution in [0.3, 0.4) is 0 Å². The first-order chi connectivity index (χ1) is 12.2. The summed E-state index contributed by atoms with van der Waals surface area (Å²) in [5.41, 5.74) is 1.15. The van der Waals surface area contributed by atoms with Crippen LogP contribution in [-0.2, 0) is 0 Å². The Bertz CT molecular complexity index is 806. The number of nitrogens with zero attached hydrogens (tertiary/aromatic N) is 4. The van der Waals surface area contributed by atoms with Gasteiger partial charge in [-0.15, -0.1) is 0 Å². The third-order valence-electron chi connectivity index (χ3n) is 4.41. The predicted molar refractivity (Wildman–Crippen MR) is 90.9 cm³/mol. The summed E-state index contributed by atoms with van der Waals surface area (Å²) < 4.78 is 4.75. The summed E-state index contributed by atoms with van der Waals surface area (Å²) in [6, 6.07) is 4.79. The van der Waals surface area contributed by atoms with E-state index in [0.29, 0.717) is 23.9 Å². The molecular formula is C16H18N6O3. The van der Waals surface area contributed by atoms with Crippen molar-refractivity contribution in [3.05, 3.63) is 30.2 Å². The number of carbonyl (C=O) groups excluding carboxylic acids is 2. The highest BCUT2D eigenvalue weighted by Crippen LogP contribution is 2.39. The van der Waals surface area contributed by atoms with E-state index in [0.717, 1.165) is 25.2 Å². The van der Waals surface area contributed by atoms with Gasteiger partial charge in [-0.05, 0) is 25.5 Å². The van der Waals surface area contributed by atoms with Gasteiger partial charge in [-0.2, -0.15) is 0 Å². The predicted octanol–water partition coefficient (Wildman–Crippen LogP) is 1.45. The molecule has 4 heterocycles. The maximum atomic E-state index is 12.8. The van der Waals surface area contributed by atoms with Gasteiger partial charge in [-0.25, -0.2) is 9.78 Å². The molecule has 1 unspecified atom stereocenters. The van der Waals surface area contributed by atoms with E-state index >= 15 is 0 Å². The second kappa shape index (κ2) is 6.08. The van der Waals surface area contributed by atoms with E-state index in [1.165, 1.54) is 6.26 Å². The summed E-state index contributed by atoms with van der Waals surface area (Å²) in [5, 5.41) is 9.15. The largest absolute Gasteiger partial charge is 0.366 e. The Kier molecular flexibility index (Phi) is 3.75. The molecule has 0 aromatic carbocycles. The van der Waals surface area contributed by atoms with Crippen LogP contribution in [0.4, 0.5) is 22.1 Å². The Morgan fingerprint density at radius 1 is 1.36 bits per heavy atom. The summed E-state index contributed by atoms with van der Waals surface area (Å²) in [6.07, 6.45) is 2.24. The SMILES string of the molecule is CCNC(=O)c1ccc2c(n1)N(C(=O)Nc1ccon1)C1CCN2C1. The molecule has 9 nitrogen and oxygen atoms in total. The van der Waals surface area contributed by atoms with Gasteiger partial charge in [-0.1, -0.05) is 5.16 Å². The molecule has 0 aliphatic carbocycles. The van der Waals surface area contributed by atoms with Crippen LogP contribution in [0.1, 0.15) is 23.8 Å². The molecule has 0 radical (unpaired) electrons. The number of urea groups is 1. The van der Waals surface area contributed by atoms with E-state index in [9.17, 15) is 9.59 Å². The van der Waals surface area contributed by atoms with Gasteiger partial charge in [-0.3, -0.25) is 15.0 Å². The zero-order valence-corrected chi connectivity index (χ0v) is 13.7. The number of rotatable bonds is 3. The number of fused-ring (bicyclic) bond motifs is 4. The zero-order chi connectivity index (χ0) is 17.4. The van der Waals surface area contributed by atoms with Crippen molar-refractivity contribution in [2.24, 2.45) is 0 Å². The van der Waals surface area contributed by atoms with Crippen LogP contribution in [0.15, 0.2) is 29.0 Å². The Hall–Kier alpha value is -3.10. The zero-order valence-electron chi connectivity index (χ0n) is 13.7. The van der Waals surface area contributed by atoms with Gasteiger partial charge in [0, 0.05) is 25.7 Å². The number of anilines is 3. The average Bonchev–Trinajstić information content (AvgIpc) is 3.26. The van der Waals surface area contributed by atoms with Gasteiger partial charge in [0.1, 0.15) is 12.0 Å². The minimum Gasteiger partial charge on any atom is -0.366 e. The lowest BCUT2D eigenvalue weighted by Crippen LogP contribution is -2.48. The van der Waals surface area contributed by atoms with Crippen molar-refractivity contribution in [2.75, 3.05) is 34.8 Å². The molecule has 2 aromatic rings. The summed E-state index contributed by atoms with van der Waals surface area (Å²) >= 11 is 0. The molecule has 1 atom stereocenters. The van der Waals surface area contributed by atoms with E-state index in [-0.39, 0.29) is 18.0 Å². The van der Waals surface area contributed by atoms with E-state index in [4.69, 9.17) is 4.52 Å². The first-order valence-electron chi connectivity index (χ1n) is 8.22. The van der Waals surface area contributed by atoms with Crippen molar-refractivity contribution in [1.29, 1.82) is 0 Å². The molecule has 2 aliphatic heterocycles. The molecule has 1 fully saturated rings. The molecule has 0 saturated carbocycles. The monoisotopic (exact) mass is 342 g/mol. The van der Waals surface area contributed by atoms with Crippen LogP contribution in [0.2, 0.25) is 0 Å². The fourth-order valence-corrected chi connectivity index (χ4v) is 3.30. The minimum atomic E-state index is -0.331. The number of nitrogens with one attached hydrogen (secondary N) is 2. The van der Waals surface area contributed by atoms with Crippen molar-refractivity contribution in [2.45, 2.75) is 19.4 Å². The molecule has 4 rings (SSSR count). The lowest BCUT2D eigenvalue weighted by Gasteiger charge is -2.35. The Morgan fingerprint density at radius 2 is 2.24 bits per heavy atom. The normalized spacial score (nSPS) is 18.0. The van der Waals surface area contributed by atoms with Crippen LogP contribution < -0.4 is 20.4 Å². The Morgan fingerprint density at radius 3 is 3.00 bits per heavy atom. The Balaban J connectivity index is 1.69. The van der Waals surface area contributed by atoms with Gasteiger partial charge in [0.05, 0.1) is 11.7 Å². The maximum Gasteiger partial charge on any atom is 0.329 e. The smallest absolute Gasteiger partial charge is 0.329 e. The molecule has 2 N–H and O–H groups in total. The first kappa shape index (κ1) is 15.4. The third kappa shape index (κ3) is 2.67. The molecule has 25 heavy (non-hydrogen) atoms. The third-order valence-corrected chi connectivity index (χ3v) is 4.41. The molecule has 2 aliphatic rings. The summed E-state index contributed by atoms with van der Waals surface area (Å²) in [4.78, 5) is 33.2. The van der Waals surface area contributed by atoms with Gasteiger partial charge < -0.3 is 14.7 Å². The number of aromatic nitrogens is 2. The number of carbonyl (C=O) groups is 2. The summed E-state index contributed by atoms with van der Waals surface area (Å²) in [5.74, 6) is 0.584. The lowest BCUT2D eigenvalue weighted by atomic mass is 10.1. The molecule has 2 aromatic heterocycles. The highest BCUT2D eigenvalue weighted by atomic mass is 16.5. The van der Waals surface area contributed by atoms with E-state index < -0.39 is 0 Å². The highest BCUT2D eigenvalue weighted by molar-refractivity contribution is 6.04. The van der Waals surface area contributed by atoms with Crippen LogP contribution in [-0.4, -0.2) is 47.8 Å². The van der Waals surface area contributed by atoms with E-state index in [1.807, 2.05) is 13.0 Å². The molecular weight excluding hydrogens is 324 g/mol. The van der Waals surface area contributed by atoms with Crippen LogP contribution in [0.5, 0.6) is 0 Å². The quantitative estimate of drug-likeness (QED) is 0.875. The standard InChI is InChI=1S/C16H18N6O3/c1-2-17-15(23)11-3-4-12-14(18-11)22(10-5-7-21(12)9-10)16(24)19-13-6-8-25-20-13/h3-4,6,8,10H,2,5,7,9H2,1H3,(H,17,23)(H,19,20,24). The van der Waals surface area contributed by atoms with Crippen molar-refractivity contribution in [3.8, 4) is 0 Å². The molecule has 3 amide bonds. The number of hydrogen-bond acceptors (Lipinski definition) is 6. The van der Waals surface area contributed by atoms with E-state index in [1.54, 1.807) is 17.0 Å². The molecule has 0 spiro atoms. The average molecular weight is 342 g/mol. The fourth-order valence-electron chi connectivity index (χ4n) is 3.30. The second-order valence-electron chi connectivity index (χ2n) is 5.97. The summed E-state index contributed by atoms with van der Waals surface area (Å²) in [6.45, 7) is 3.97. The summed E-state index contributed by atoms with van der Waals surface area (Å²) in [7, 11) is 0. The number of pyridine rings is 1. The van der Waals surface area contributed by atoms with Gasteiger partial charge >= 0.3 is 6.03 Å². The molecule has 1 saturated heterocycles. The van der Waals surface area contributed by atoms with Crippen molar-refractivity contribution in [1.82, 2.24) is 15.5 Å². The van der Waals surface area contributed by atoms with Crippen LogP contribution in [0, 0.1) is 0 Å². The maximum absolute atomic E-state index is 12.8. The van der Waals surface area contributed by atoms with Crippen molar-refractivity contribution >= 4 is 29.3 Å². The first-order valence-corrected chi connectivity index (χ1v) is 8.22. The van der Waals surface area contributed by atoms with Gasteiger partial charge in [0.25, 0.3) is 5.91 Å². The minimum absolute atomic E-state index is 0.0105. The van der Waals surface area contributed by atoms with Crippen molar-refractivity contribution in [3.63, 3.8) is 0 Å². The molecule has 9 heteroatoms. The molecule has 2 bridgehead atoms. The van der Waals surface area contributed by atoms with E-state index in [2.05, 4.69) is 25.7 Å². The number of amides is 3. The highest BCUT2D eigenvalue weighted by Gasteiger charge is 2.40. The van der Waals surface area contributed by atoms with Gasteiger partial charge in [0.15, 0.2) is 11.6 Å². The Labute approximate surface area is 144 Å².